The monoisotopic (exact) mass is 289 g/mol. The van der Waals surface area contributed by atoms with E-state index in [1.165, 1.54) is 29.5 Å². The highest BCUT2D eigenvalue weighted by atomic mass is 32.2. The quantitative estimate of drug-likeness (QED) is 0.856. The molecule has 1 amide bonds. The predicted octanol–water partition coefficient (Wildman–Crippen LogP) is 4.17. The van der Waals surface area contributed by atoms with Crippen molar-refractivity contribution in [2.75, 3.05) is 11.1 Å². The summed E-state index contributed by atoms with van der Waals surface area (Å²) >= 11 is 1.48. The molecule has 0 unspecified atom stereocenters. The van der Waals surface area contributed by atoms with Crippen LogP contribution in [-0.2, 0) is 4.79 Å². The molecule has 0 atom stereocenters. The standard InChI is InChI=1S/C16H16FNOS/c1-11-6-7-15(12(2)8-11)20-10-16(19)18-14-5-3-4-13(17)9-14/h3-9H,10H2,1-2H3,(H,18,19). The number of carbonyl (C=O) groups excluding carboxylic acids is 1. The zero-order valence-corrected chi connectivity index (χ0v) is 12.3. The Labute approximate surface area is 122 Å². The first-order valence-corrected chi connectivity index (χ1v) is 7.28. The largest absolute Gasteiger partial charge is 0.325 e. The fraction of sp³-hybridized carbons (Fsp3) is 0.188. The highest BCUT2D eigenvalue weighted by Crippen LogP contribution is 2.23. The third-order valence-electron chi connectivity index (χ3n) is 2.80. The number of anilines is 1. The first kappa shape index (κ1) is 14.6. The molecule has 2 nitrogen and oxygen atoms in total. The minimum absolute atomic E-state index is 0.138. The van der Waals surface area contributed by atoms with E-state index in [9.17, 15) is 9.18 Å². The number of benzene rings is 2. The van der Waals surface area contributed by atoms with Crippen molar-refractivity contribution in [2.24, 2.45) is 0 Å². The van der Waals surface area contributed by atoms with E-state index >= 15 is 0 Å². The van der Waals surface area contributed by atoms with Crippen LogP contribution in [0, 0.1) is 19.7 Å². The highest BCUT2D eigenvalue weighted by molar-refractivity contribution is 8.00. The van der Waals surface area contributed by atoms with Crippen LogP contribution in [0.4, 0.5) is 10.1 Å². The molecular formula is C16H16FNOS. The molecule has 0 radical (unpaired) electrons. The SMILES string of the molecule is Cc1ccc(SCC(=O)Nc2cccc(F)c2)c(C)c1. The summed E-state index contributed by atoms with van der Waals surface area (Å²) in [5.41, 5.74) is 2.85. The Balaban J connectivity index is 1.92. The number of hydrogen-bond acceptors (Lipinski definition) is 2. The van der Waals surface area contributed by atoms with Crippen LogP contribution in [-0.4, -0.2) is 11.7 Å². The lowest BCUT2D eigenvalue weighted by atomic mass is 10.2. The molecule has 0 saturated heterocycles. The van der Waals surface area contributed by atoms with Gasteiger partial charge in [0.25, 0.3) is 0 Å². The summed E-state index contributed by atoms with van der Waals surface area (Å²) in [7, 11) is 0. The molecule has 0 saturated carbocycles. The highest BCUT2D eigenvalue weighted by Gasteiger charge is 2.06. The van der Waals surface area contributed by atoms with Crippen LogP contribution in [0.5, 0.6) is 0 Å². The van der Waals surface area contributed by atoms with Crippen LogP contribution >= 0.6 is 11.8 Å². The topological polar surface area (TPSA) is 29.1 Å². The Bertz CT molecular complexity index is 628. The van der Waals surface area contributed by atoms with Crippen LogP contribution < -0.4 is 5.32 Å². The zero-order chi connectivity index (χ0) is 14.5. The molecular weight excluding hydrogens is 273 g/mol. The van der Waals surface area contributed by atoms with E-state index in [0.29, 0.717) is 11.4 Å². The van der Waals surface area contributed by atoms with Crippen molar-refractivity contribution in [1.29, 1.82) is 0 Å². The number of halogens is 1. The van der Waals surface area contributed by atoms with Crippen LogP contribution in [0.15, 0.2) is 47.4 Å². The third kappa shape index (κ3) is 4.10. The normalized spacial score (nSPS) is 10.3. The fourth-order valence-electron chi connectivity index (χ4n) is 1.87. The molecule has 104 valence electrons. The second-order valence-corrected chi connectivity index (χ2v) is 5.63. The molecule has 2 aromatic rings. The van der Waals surface area contributed by atoms with E-state index in [0.717, 1.165) is 10.5 Å². The van der Waals surface area contributed by atoms with E-state index in [1.807, 2.05) is 26.0 Å². The maximum Gasteiger partial charge on any atom is 0.234 e. The van der Waals surface area contributed by atoms with Crippen LogP contribution in [0.3, 0.4) is 0 Å². The van der Waals surface area contributed by atoms with Gasteiger partial charge in [0.1, 0.15) is 5.82 Å². The average Bonchev–Trinajstić information content (AvgIpc) is 2.37. The molecule has 4 heteroatoms. The van der Waals surface area contributed by atoms with Crippen molar-refractivity contribution < 1.29 is 9.18 Å². The third-order valence-corrected chi connectivity index (χ3v) is 3.97. The number of rotatable bonds is 4. The first-order valence-electron chi connectivity index (χ1n) is 6.30. The van der Waals surface area contributed by atoms with Crippen molar-refractivity contribution in [3.05, 3.63) is 59.4 Å². The Hall–Kier alpha value is -1.81. The fourth-order valence-corrected chi connectivity index (χ4v) is 2.68. The summed E-state index contributed by atoms with van der Waals surface area (Å²) in [6, 6.07) is 12.0. The lowest BCUT2D eigenvalue weighted by Gasteiger charge is -2.07. The van der Waals surface area contributed by atoms with Gasteiger partial charge >= 0.3 is 0 Å². The predicted molar refractivity (Wildman–Crippen MR) is 81.7 cm³/mol. The van der Waals surface area contributed by atoms with Crippen molar-refractivity contribution in [1.82, 2.24) is 0 Å². The van der Waals surface area contributed by atoms with Gasteiger partial charge in [-0.15, -0.1) is 11.8 Å². The Kier molecular flexibility index (Phi) is 4.79. The molecule has 1 N–H and O–H groups in total. The van der Waals surface area contributed by atoms with Gasteiger partial charge in [-0.3, -0.25) is 4.79 Å². The van der Waals surface area contributed by atoms with Crippen LogP contribution in [0.2, 0.25) is 0 Å². The van der Waals surface area contributed by atoms with Gasteiger partial charge in [0.2, 0.25) is 5.91 Å². The maximum absolute atomic E-state index is 13.0. The minimum Gasteiger partial charge on any atom is -0.325 e. The number of nitrogens with one attached hydrogen (secondary N) is 1. The lowest BCUT2D eigenvalue weighted by molar-refractivity contribution is -0.113. The summed E-state index contributed by atoms with van der Waals surface area (Å²) in [6.45, 7) is 4.07. The molecule has 0 aliphatic heterocycles. The molecule has 0 aromatic heterocycles. The minimum atomic E-state index is -0.357. The smallest absolute Gasteiger partial charge is 0.234 e. The van der Waals surface area contributed by atoms with Crippen LogP contribution in [0.25, 0.3) is 0 Å². The average molecular weight is 289 g/mol. The van der Waals surface area contributed by atoms with E-state index in [2.05, 4.69) is 11.4 Å². The van der Waals surface area contributed by atoms with Gasteiger partial charge in [-0.2, -0.15) is 0 Å². The number of hydrogen-bond donors (Lipinski definition) is 1. The molecule has 0 spiro atoms. The van der Waals surface area contributed by atoms with Gasteiger partial charge in [-0.1, -0.05) is 23.8 Å². The summed E-state index contributed by atoms with van der Waals surface area (Å²) in [5.74, 6) is -0.189. The van der Waals surface area contributed by atoms with E-state index < -0.39 is 0 Å². The van der Waals surface area contributed by atoms with Crippen molar-refractivity contribution in [3.8, 4) is 0 Å². The zero-order valence-electron chi connectivity index (χ0n) is 11.4. The molecule has 0 aliphatic carbocycles. The lowest BCUT2D eigenvalue weighted by Crippen LogP contribution is -2.14. The second kappa shape index (κ2) is 6.57. The molecule has 0 bridgehead atoms. The maximum atomic E-state index is 13.0. The Morgan fingerprint density at radius 1 is 1.20 bits per heavy atom. The Morgan fingerprint density at radius 3 is 2.70 bits per heavy atom. The molecule has 0 heterocycles. The van der Waals surface area contributed by atoms with Crippen molar-refractivity contribution >= 4 is 23.4 Å². The first-order chi connectivity index (χ1) is 9.54. The summed E-state index contributed by atoms with van der Waals surface area (Å²) in [5, 5.41) is 2.68. The van der Waals surface area contributed by atoms with Gasteiger partial charge in [0.05, 0.1) is 5.75 Å². The van der Waals surface area contributed by atoms with Gasteiger partial charge in [0.15, 0.2) is 0 Å². The second-order valence-electron chi connectivity index (χ2n) is 4.62. The van der Waals surface area contributed by atoms with Crippen LogP contribution in [0.1, 0.15) is 11.1 Å². The van der Waals surface area contributed by atoms with E-state index in [-0.39, 0.29) is 11.7 Å². The molecule has 2 aromatic carbocycles. The van der Waals surface area contributed by atoms with Gasteiger partial charge in [0, 0.05) is 10.6 Å². The van der Waals surface area contributed by atoms with Gasteiger partial charge < -0.3 is 5.32 Å². The molecule has 20 heavy (non-hydrogen) atoms. The Morgan fingerprint density at radius 2 is 2.00 bits per heavy atom. The number of aryl methyl sites for hydroxylation is 2. The molecule has 2 rings (SSSR count). The molecule has 0 aliphatic rings. The number of carbonyl (C=O) groups is 1. The number of thioether (sulfide) groups is 1. The van der Waals surface area contributed by atoms with Crippen molar-refractivity contribution in [2.45, 2.75) is 18.7 Å². The summed E-state index contributed by atoms with van der Waals surface area (Å²) < 4.78 is 13.0. The van der Waals surface area contributed by atoms with Crippen molar-refractivity contribution in [3.63, 3.8) is 0 Å². The van der Waals surface area contributed by atoms with E-state index in [1.54, 1.807) is 12.1 Å². The summed E-state index contributed by atoms with van der Waals surface area (Å²) in [4.78, 5) is 12.9. The van der Waals surface area contributed by atoms with Gasteiger partial charge in [-0.25, -0.2) is 4.39 Å². The van der Waals surface area contributed by atoms with E-state index in [4.69, 9.17) is 0 Å². The van der Waals surface area contributed by atoms with Gasteiger partial charge in [-0.05, 0) is 43.7 Å². The molecule has 0 fully saturated rings. The summed E-state index contributed by atoms with van der Waals surface area (Å²) in [6.07, 6.45) is 0. The number of amides is 1.